The van der Waals surface area contributed by atoms with Crippen LogP contribution in [0.4, 0.5) is 0 Å². The van der Waals surface area contributed by atoms with Crippen LogP contribution in [0.1, 0.15) is 296 Å². The molecule has 2 rings (SSSR count). The summed E-state index contributed by atoms with van der Waals surface area (Å²) in [5, 5.41) is 87.5. The quantitative estimate of drug-likeness (QED) is 0.0204. The van der Waals surface area contributed by atoms with Crippen molar-refractivity contribution in [3.63, 3.8) is 0 Å². The topological polar surface area (TPSA) is 228 Å². The van der Waals surface area contributed by atoms with E-state index in [-0.39, 0.29) is 18.9 Å². The standard InChI is InChI=1S/C76H135NO13/c1-3-5-7-9-11-13-15-17-19-21-23-25-27-28-29-30-31-32-33-34-35-36-38-40-42-44-46-48-50-52-54-56-58-60-68(81)77-64(63-87-75-73(86)71(84)74(67(62-79)89-75)90-76-72(85)70(83)69(82)66(61-78)88-76)65(80)59-57-55-53-51-49-47-45-43-41-39-37-26-24-22-20-18-16-14-12-10-8-6-4-2/h5,7,11,13,17,19,23,25,28-29,31-32,57,59,64-67,69-76,78-80,82-86H,3-4,6,8-10,12,14-16,18,20-22,24,26-27,30,33-56,58,60-63H2,1-2H3,(H,77,81)/b7-5-,13-11-,19-17-,25-23-,29-28-,32-31-,59-57+. The third-order valence-corrected chi connectivity index (χ3v) is 17.6. The van der Waals surface area contributed by atoms with Gasteiger partial charge >= 0.3 is 0 Å². The molecule has 2 fully saturated rings. The number of hydrogen-bond acceptors (Lipinski definition) is 13. The minimum atomic E-state index is -1.79. The first-order chi connectivity index (χ1) is 44.1. The molecule has 90 heavy (non-hydrogen) atoms. The first-order valence-electron chi connectivity index (χ1n) is 36.8. The molecule has 0 radical (unpaired) electrons. The van der Waals surface area contributed by atoms with Crippen LogP contribution < -0.4 is 5.32 Å². The number of aliphatic hydroxyl groups excluding tert-OH is 8. The van der Waals surface area contributed by atoms with Gasteiger partial charge in [0.2, 0.25) is 5.91 Å². The highest BCUT2D eigenvalue weighted by atomic mass is 16.7. The normalized spacial score (nSPS) is 23.4. The zero-order valence-electron chi connectivity index (χ0n) is 56.9. The summed E-state index contributed by atoms with van der Waals surface area (Å²) in [6.07, 6.45) is 66.3. The molecule has 1 amide bonds. The van der Waals surface area contributed by atoms with Gasteiger partial charge in [0, 0.05) is 6.42 Å². The molecule has 0 spiro atoms. The number of carbonyl (C=O) groups excluding carboxylic acids is 1. The second kappa shape index (κ2) is 59.9. The Hall–Kier alpha value is -2.83. The fourth-order valence-corrected chi connectivity index (χ4v) is 11.8. The van der Waals surface area contributed by atoms with Gasteiger partial charge in [-0.25, -0.2) is 0 Å². The van der Waals surface area contributed by atoms with Crippen LogP contribution in [0.25, 0.3) is 0 Å². The van der Waals surface area contributed by atoms with Crippen molar-refractivity contribution in [1.82, 2.24) is 5.32 Å². The van der Waals surface area contributed by atoms with Crippen LogP contribution in [0.3, 0.4) is 0 Å². The molecular weight excluding hydrogens is 1130 g/mol. The van der Waals surface area contributed by atoms with Crippen LogP contribution in [0.15, 0.2) is 85.1 Å². The van der Waals surface area contributed by atoms with Gasteiger partial charge in [0.25, 0.3) is 0 Å². The maximum atomic E-state index is 13.4. The van der Waals surface area contributed by atoms with Gasteiger partial charge < -0.3 is 65.1 Å². The van der Waals surface area contributed by atoms with Crippen molar-refractivity contribution in [3.8, 4) is 0 Å². The highest BCUT2D eigenvalue weighted by Gasteiger charge is 2.51. The summed E-state index contributed by atoms with van der Waals surface area (Å²) >= 11 is 0. The van der Waals surface area contributed by atoms with Gasteiger partial charge in [-0.2, -0.15) is 0 Å². The van der Waals surface area contributed by atoms with E-state index in [4.69, 9.17) is 18.9 Å². The number of hydrogen-bond donors (Lipinski definition) is 9. The average molecular weight is 1270 g/mol. The van der Waals surface area contributed by atoms with Crippen LogP contribution in [-0.4, -0.2) is 140 Å². The molecular formula is C76H135NO13. The molecule has 14 heteroatoms. The number of ether oxygens (including phenoxy) is 4. The van der Waals surface area contributed by atoms with Crippen LogP contribution in [0, 0.1) is 0 Å². The summed E-state index contributed by atoms with van der Waals surface area (Å²) < 4.78 is 22.9. The van der Waals surface area contributed by atoms with Crippen molar-refractivity contribution in [3.05, 3.63) is 85.1 Å². The lowest BCUT2D eigenvalue weighted by Gasteiger charge is -2.46. The maximum Gasteiger partial charge on any atom is 0.220 e. The molecule has 9 N–H and O–H groups in total. The summed E-state index contributed by atoms with van der Waals surface area (Å²) in [5.41, 5.74) is 0. The first kappa shape index (κ1) is 83.3. The Kier molecular flexibility index (Phi) is 55.4. The van der Waals surface area contributed by atoms with E-state index in [9.17, 15) is 45.6 Å². The van der Waals surface area contributed by atoms with Gasteiger partial charge in [-0.1, -0.05) is 304 Å². The minimum absolute atomic E-state index is 0.239. The Balaban J connectivity index is 1.65. The highest BCUT2D eigenvalue weighted by molar-refractivity contribution is 5.76. The molecule has 0 aromatic rings. The Morgan fingerprint density at radius 1 is 0.411 bits per heavy atom. The Morgan fingerprint density at radius 3 is 1.18 bits per heavy atom. The molecule has 2 saturated heterocycles. The summed E-state index contributed by atoms with van der Waals surface area (Å²) in [7, 11) is 0. The van der Waals surface area contributed by atoms with Crippen LogP contribution in [0.5, 0.6) is 0 Å². The number of allylic oxidation sites excluding steroid dienone is 13. The molecule has 14 nitrogen and oxygen atoms in total. The van der Waals surface area contributed by atoms with E-state index in [0.29, 0.717) is 6.42 Å². The lowest BCUT2D eigenvalue weighted by Crippen LogP contribution is -2.65. The van der Waals surface area contributed by atoms with Crippen LogP contribution >= 0.6 is 0 Å². The first-order valence-corrected chi connectivity index (χ1v) is 36.8. The number of aliphatic hydroxyl groups is 8. The zero-order chi connectivity index (χ0) is 65.2. The van der Waals surface area contributed by atoms with E-state index >= 15 is 0 Å². The monoisotopic (exact) mass is 1270 g/mol. The van der Waals surface area contributed by atoms with E-state index in [1.807, 2.05) is 6.08 Å². The van der Waals surface area contributed by atoms with Crippen molar-refractivity contribution in [1.29, 1.82) is 0 Å². The van der Waals surface area contributed by atoms with E-state index in [1.54, 1.807) is 6.08 Å². The van der Waals surface area contributed by atoms with Crippen molar-refractivity contribution >= 4 is 5.91 Å². The van der Waals surface area contributed by atoms with Gasteiger partial charge in [0.1, 0.15) is 48.8 Å². The van der Waals surface area contributed by atoms with Gasteiger partial charge in [-0.05, 0) is 70.6 Å². The van der Waals surface area contributed by atoms with E-state index in [0.717, 1.165) is 77.0 Å². The van der Waals surface area contributed by atoms with Gasteiger partial charge in [-0.3, -0.25) is 4.79 Å². The van der Waals surface area contributed by atoms with E-state index in [2.05, 4.69) is 92.1 Å². The summed E-state index contributed by atoms with van der Waals surface area (Å²) in [6.45, 7) is 2.72. The Labute approximate surface area is 548 Å². The maximum absolute atomic E-state index is 13.4. The van der Waals surface area contributed by atoms with Crippen molar-refractivity contribution in [2.45, 2.75) is 370 Å². The lowest BCUT2D eigenvalue weighted by atomic mass is 9.97. The molecule has 2 heterocycles. The largest absolute Gasteiger partial charge is 0.394 e. The number of nitrogens with one attached hydrogen (secondary N) is 1. The van der Waals surface area contributed by atoms with Crippen molar-refractivity contribution < 1.29 is 64.6 Å². The van der Waals surface area contributed by atoms with E-state index < -0.39 is 86.8 Å². The molecule has 0 bridgehead atoms. The van der Waals surface area contributed by atoms with Gasteiger partial charge in [-0.15, -0.1) is 0 Å². The molecule has 2 aliphatic heterocycles. The molecule has 522 valence electrons. The SMILES string of the molecule is CC/C=C\C/C=C\C/C=C\C/C=C\C/C=C\C/C=C\CCCCCCCCCCCCCCCCC(=O)NC(COC1OC(CO)C(OC2OC(CO)C(O)C(O)C2O)C(O)C1O)C(O)/C=C/CCCCCCCCCCCCCCCCCCCCCCC. The predicted molar refractivity (Wildman–Crippen MR) is 369 cm³/mol. The van der Waals surface area contributed by atoms with Crippen molar-refractivity contribution in [2.24, 2.45) is 0 Å². The fraction of sp³-hybridized carbons (Fsp3) is 0.803. The zero-order valence-corrected chi connectivity index (χ0v) is 56.9. The fourth-order valence-electron chi connectivity index (χ4n) is 11.8. The second-order valence-electron chi connectivity index (χ2n) is 25.7. The number of amides is 1. The van der Waals surface area contributed by atoms with Gasteiger partial charge in [0.15, 0.2) is 12.6 Å². The Bertz CT molecular complexity index is 1830. The summed E-state index contributed by atoms with van der Waals surface area (Å²) in [4.78, 5) is 13.4. The number of rotatable bonds is 60. The molecule has 12 atom stereocenters. The van der Waals surface area contributed by atoms with Gasteiger partial charge in [0.05, 0.1) is 32.0 Å². The predicted octanol–water partition coefficient (Wildman–Crippen LogP) is 15.6. The summed E-state index contributed by atoms with van der Waals surface area (Å²) in [6, 6.07) is -0.920. The molecule has 12 unspecified atom stereocenters. The third kappa shape index (κ3) is 43.2. The Morgan fingerprint density at radius 2 is 0.767 bits per heavy atom. The van der Waals surface area contributed by atoms with Crippen LogP contribution in [-0.2, 0) is 23.7 Å². The molecule has 0 aromatic heterocycles. The number of unbranched alkanes of at least 4 members (excludes halogenated alkanes) is 35. The molecule has 0 aromatic carbocycles. The van der Waals surface area contributed by atoms with Crippen LogP contribution in [0.2, 0.25) is 0 Å². The highest BCUT2D eigenvalue weighted by Crippen LogP contribution is 2.30. The molecule has 2 aliphatic rings. The second-order valence-corrected chi connectivity index (χ2v) is 25.7. The van der Waals surface area contributed by atoms with Crippen molar-refractivity contribution in [2.75, 3.05) is 19.8 Å². The lowest BCUT2D eigenvalue weighted by molar-refractivity contribution is -0.359. The summed E-state index contributed by atoms with van der Waals surface area (Å²) in [5.74, 6) is -0.239. The smallest absolute Gasteiger partial charge is 0.220 e. The third-order valence-electron chi connectivity index (χ3n) is 17.6. The molecule has 0 aliphatic carbocycles. The van der Waals surface area contributed by atoms with E-state index in [1.165, 1.54) is 193 Å². The molecule has 0 saturated carbocycles. The average Bonchev–Trinajstić information content (AvgIpc) is 1.41. The minimum Gasteiger partial charge on any atom is -0.394 e. The number of carbonyl (C=O) groups is 1.